The van der Waals surface area contributed by atoms with Gasteiger partial charge in [0.25, 0.3) is 0 Å². The van der Waals surface area contributed by atoms with Gasteiger partial charge in [0.15, 0.2) is 0 Å². The minimum absolute atomic E-state index is 0.401. The molecule has 0 aliphatic heterocycles. The maximum atomic E-state index is 9.02. The number of aliphatic hydroxyl groups excluding tert-OH is 1. The van der Waals surface area contributed by atoms with E-state index in [4.69, 9.17) is 5.11 Å². The molecule has 0 saturated heterocycles. The van der Waals surface area contributed by atoms with Gasteiger partial charge in [-0.2, -0.15) is 0 Å². The van der Waals surface area contributed by atoms with E-state index in [0.29, 0.717) is 17.9 Å². The Morgan fingerprint density at radius 2 is 1.73 bits per heavy atom. The average Bonchev–Trinajstić information content (AvgIpc) is 2.16. The molecule has 1 N–H and O–H groups in total. The predicted octanol–water partition coefficient (Wildman–Crippen LogP) is 2.95. The largest absolute Gasteiger partial charge is 0.396 e. The van der Waals surface area contributed by atoms with Gasteiger partial charge in [0.05, 0.1) is 0 Å². The van der Waals surface area contributed by atoms with E-state index >= 15 is 0 Å². The smallest absolute Gasteiger partial charge is 0.0459 e. The molecule has 0 bridgehead atoms. The Morgan fingerprint density at radius 3 is 2.33 bits per heavy atom. The SMILES string of the molecule is OCC1CC2(C1)CC(c1ccccc1)C2. The molecule has 1 heteroatoms. The lowest BCUT2D eigenvalue weighted by atomic mass is 9.47. The Hall–Kier alpha value is -0.820. The quantitative estimate of drug-likeness (QED) is 0.781. The first kappa shape index (κ1) is 9.41. The van der Waals surface area contributed by atoms with Gasteiger partial charge >= 0.3 is 0 Å². The van der Waals surface area contributed by atoms with E-state index in [-0.39, 0.29) is 0 Å². The van der Waals surface area contributed by atoms with Crippen LogP contribution < -0.4 is 0 Å². The van der Waals surface area contributed by atoms with Crippen molar-refractivity contribution in [3.63, 3.8) is 0 Å². The fourth-order valence-corrected chi connectivity index (χ4v) is 3.57. The lowest BCUT2D eigenvalue weighted by Crippen LogP contribution is -2.47. The van der Waals surface area contributed by atoms with Crippen molar-refractivity contribution in [3.05, 3.63) is 35.9 Å². The molecule has 2 aliphatic carbocycles. The Kier molecular flexibility index (Phi) is 2.10. The molecule has 0 unspecified atom stereocenters. The first-order valence-corrected chi connectivity index (χ1v) is 5.97. The number of aliphatic hydroxyl groups is 1. The first-order chi connectivity index (χ1) is 7.31. The molecular formula is C14H18O. The minimum Gasteiger partial charge on any atom is -0.396 e. The molecule has 2 aliphatic rings. The molecule has 0 radical (unpaired) electrons. The number of rotatable bonds is 2. The van der Waals surface area contributed by atoms with Crippen LogP contribution in [-0.4, -0.2) is 11.7 Å². The first-order valence-electron chi connectivity index (χ1n) is 5.97. The van der Waals surface area contributed by atoms with Gasteiger partial charge in [-0.1, -0.05) is 30.3 Å². The molecule has 0 heterocycles. The van der Waals surface area contributed by atoms with Crippen LogP contribution in [0.1, 0.15) is 37.2 Å². The number of hydrogen-bond donors (Lipinski definition) is 1. The van der Waals surface area contributed by atoms with Gasteiger partial charge < -0.3 is 5.11 Å². The highest BCUT2D eigenvalue weighted by atomic mass is 16.3. The molecular weight excluding hydrogens is 184 g/mol. The molecule has 1 aromatic carbocycles. The summed E-state index contributed by atoms with van der Waals surface area (Å²) in [5, 5.41) is 9.02. The average molecular weight is 202 g/mol. The number of benzene rings is 1. The molecule has 0 aromatic heterocycles. The van der Waals surface area contributed by atoms with Gasteiger partial charge in [-0.3, -0.25) is 0 Å². The summed E-state index contributed by atoms with van der Waals surface area (Å²) in [6, 6.07) is 10.9. The van der Waals surface area contributed by atoms with Gasteiger partial charge in [-0.25, -0.2) is 0 Å². The van der Waals surface area contributed by atoms with Crippen LogP contribution in [0.15, 0.2) is 30.3 Å². The Bertz CT molecular complexity index is 330. The lowest BCUT2D eigenvalue weighted by molar-refractivity contribution is -0.0603. The fourth-order valence-electron chi connectivity index (χ4n) is 3.57. The highest BCUT2D eigenvalue weighted by Crippen LogP contribution is 2.63. The van der Waals surface area contributed by atoms with Crippen LogP contribution in [0.4, 0.5) is 0 Å². The van der Waals surface area contributed by atoms with Crippen molar-refractivity contribution in [2.24, 2.45) is 11.3 Å². The van der Waals surface area contributed by atoms with E-state index < -0.39 is 0 Å². The van der Waals surface area contributed by atoms with E-state index in [2.05, 4.69) is 30.3 Å². The van der Waals surface area contributed by atoms with E-state index in [1.54, 1.807) is 0 Å². The van der Waals surface area contributed by atoms with Crippen LogP contribution in [0.5, 0.6) is 0 Å². The van der Waals surface area contributed by atoms with Crippen LogP contribution in [0, 0.1) is 11.3 Å². The van der Waals surface area contributed by atoms with E-state index in [1.807, 2.05) is 0 Å². The van der Waals surface area contributed by atoms with Crippen LogP contribution in [0.2, 0.25) is 0 Å². The second kappa shape index (κ2) is 3.34. The second-order valence-corrected chi connectivity index (χ2v) is 5.47. The maximum Gasteiger partial charge on any atom is 0.0459 e. The monoisotopic (exact) mass is 202 g/mol. The van der Waals surface area contributed by atoms with E-state index in [9.17, 15) is 0 Å². The van der Waals surface area contributed by atoms with Gasteiger partial charge in [-0.05, 0) is 48.5 Å². The Morgan fingerprint density at radius 1 is 1.07 bits per heavy atom. The van der Waals surface area contributed by atoms with Crippen molar-refractivity contribution >= 4 is 0 Å². The predicted molar refractivity (Wildman–Crippen MR) is 60.7 cm³/mol. The molecule has 0 amide bonds. The summed E-state index contributed by atoms with van der Waals surface area (Å²) in [6.45, 7) is 0.401. The van der Waals surface area contributed by atoms with Gasteiger partial charge in [0, 0.05) is 6.61 Å². The zero-order valence-corrected chi connectivity index (χ0v) is 9.02. The summed E-state index contributed by atoms with van der Waals surface area (Å²) < 4.78 is 0. The maximum absolute atomic E-state index is 9.02. The molecule has 3 rings (SSSR count). The van der Waals surface area contributed by atoms with E-state index in [0.717, 1.165) is 5.92 Å². The van der Waals surface area contributed by atoms with Crippen LogP contribution >= 0.6 is 0 Å². The zero-order valence-electron chi connectivity index (χ0n) is 9.02. The molecule has 2 saturated carbocycles. The molecule has 15 heavy (non-hydrogen) atoms. The minimum atomic E-state index is 0.401. The van der Waals surface area contributed by atoms with Crippen molar-refractivity contribution in [1.29, 1.82) is 0 Å². The highest BCUT2D eigenvalue weighted by Gasteiger charge is 2.52. The normalized spacial score (nSPS) is 38.5. The molecule has 2 fully saturated rings. The summed E-state index contributed by atoms with van der Waals surface area (Å²) >= 11 is 0. The summed E-state index contributed by atoms with van der Waals surface area (Å²) in [5.74, 6) is 1.41. The second-order valence-electron chi connectivity index (χ2n) is 5.47. The van der Waals surface area contributed by atoms with Crippen molar-refractivity contribution in [1.82, 2.24) is 0 Å². The summed E-state index contributed by atoms with van der Waals surface area (Å²) in [4.78, 5) is 0. The van der Waals surface area contributed by atoms with Gasteiger partial charge in [0.1, 0.15) is 0 Å². The van der Waals surface area contributed by atoms with Gasteiger partial charge in [0.2, 0.25) is 0 Å². The van der Waals surface area contributed by atoms with Crippen molar-refractivity contribution in [3.8, 4) is 0 Å². The fraction of sp³-hybridized carbons (Fsp3) is 0.571. The van der Waals surface area contributed by atoms with Crippen molar-refractivity contribution in [2.45, 2.75) is 31.6 Å². The third kappa shape index (κ3) is 1.50. The molecule has 1 spiro atoms. The van der Waals surface area contributed by atoms with Crippen molar-refractivity contribution in [2.75, 3.05) is 6.61 Å². The third-order valence-electron chi connectivity index (χ3n) is 4.33. The zero-order chi connectivity index (χ0) is 10.3. The highest BCUT2D eigenvalue weighted by molar-refractivity contribution is 5.24. The topological polar surface area (TPSA) is 20.2 Å². The Labute approximate surface area is 91.1 Å². The van der Waals surface area contributed by atoms with Crippen LogP contribution in [0.25, 0.3) is 0 Å². The van der Waals surface area contributed by atoms with Crippen LogP contribution in [0.3, 0.4) is 0 Å². The number of hydrogen-bond acceptors (Lipinski definition) is 1. The van der Waals surface area contributed by atoms with Crippen molar-refractivity contribution < 1.29 is 5.11 Å². The summed E-state index contributed by atoms with van der Waals surface area (Å²) in [5.41, 5.74) is 2.14. The molecule has 1 aromatic rings. The summed E-state index contributed by atoms with van der Waals surface area (Å²) in [7, 11) is 0. The molecule has 1 nitrogen and oxygen atoms in total. The Balaban J connectivity index is 1.59. The standard InChI is InChI=1S/C14H18O/c15-10-11-6-14(7-11)8-13(9-14)12-4-2-1-3-5-12/h1-5,11,13,15H,6-10H2. The summed E-state index contributed by atoms with van der Waals surface area (Å²) in [6.07, 6.45) is 5.25. The van der Waals surface area contributed by atoms with Gasteiger partial charge in [-0.15, -0.1) is 0 Å². The molecule has 80 valence electrons. The molecule has 0 atom stereocenters. The van der Waals surface area contributed by atoms with Crippen LogP contribution in [-0.2, 0) is 0 Å². The van der Waals surface area contributed by atoms with E-state index in [1.165, 1.54) is 31.2 Å². The lowest BCUT2D eigenvalue weighted by Gasteiger charge is -2.58. The third-order valence-corrected chi connectivity index (χ3v) is 4.33.